The number of para-hydroxylation sites is 1. The molecule has 1 aromatic carbocycles. The van der Waals surface area contributed by atoms with Gasteiger partial charge in [0.05, 0.1) is 0 Å². The van der Waals surface area contributed by atoms with Gasteiger partial charge < -0.3 is 0 Å². The summed E-state index contributed by atoms with van der Waals surface area (Å²) in [5.74, 6) is 0. The first-order valence-corrected chi connectivity index (χ1v) is 7.31. The normalized spacial score (nSPS) is 18.3. The molecule has 0 saturated carbocycles. The number of hydrogen-bond acceptors (Lipinski definition) is 1. The van der Waals surface area contributed by atoms with Gasteiger partial charge in [-0.05, 0) is 37.8 Å². The first-order valence-electron chi connectivity index (χ1n) is 6.49. The van der Waals surface area contributed by atoms with Crippen LogP contribution >= 0.6 is 11.3 Å². The van der Waals surface area contributed by atoms with Crippen molar-refractivity contribution in [1.82, 2.24) is 0 Å². The van der Waals surface area contributed by atoms with Crippen LogP contribution in [0, 0.1) is 0 Å². The van der Waals surface area contributed by atoms with Crippen molar-refractivity contribution >= 4 is 27.6 Å². The topological polar surface area (TPSA) is 3.88 Å². The second-order valence-corrected chi connectivity index (χ2v) is 6.09. The third-order valence-electron chi connectivity index (χ3n) is 3.55. The van der Waals surface area contributed by atoms with Crippen LogP contribution in [0.4, 0.5) is 0 Å². The number of rotatable bonds is 1. The Morgan fingerprint density at radius 2 is 2.06 bits per heavy atom. The quantitative estimate of drug-likeness (QED) is 0.672. The zero-order valence-electron chi connectivity index (χ0n) is 10.9. The number of thiazole rings is 1. The van der Waals surface area contributed by atoms with E-state index in [1.807, 2.05) is 11.3 Å². The number of hydrogen-bond donors (Lipinski definition) is 0. The third kappa shape index (κ3) is 2.13. The van der Waals surface area contributed by atoms with Crippen molar-refractivity contribution in [2.24, 2.45) is 7.05 Å². The summed E-state index contributed by atoms with van der Waals surface area (Å²) in [5, 5.41) is 1.34. The standard InChI is InChI=1S/C16H18NS/c1-12-6-5-7-13(10-12)11-16-17(2)14-8-3-4-9-15(14)18-16/h3-4,8-11H,5-7H2,1-2H3/q+1/b13-11+. The highest BCUT2D eigenvalue weighted by molar-refractivity contribution is 7.18. The van der Waals surface area contributed by atoms with E-state index in [4.69, 9.17) is 0 Å². The van der Waals surface area contributed by atoms with E-state index in [2.05, 4.69) is 55.0 Å². The molecule has 1 aliphatic rings. The molecule has 0 unspecified atom stereocenters. The van der Waals surface area contributed by atoms with Gasteiger partial charge in [0.15, 0.2) is 0 Å². The first-order chi connectivity index (χ1) is 8.74. The fraction of sp³-hybridized carbons (Fsp3) is 0.312. The summed E-state index contributed by atoms with van der Waals surface area (Å²) in [6.45, 7) is 2.23. The van der Waals surface area contributed by atoms with E-state index < -0.39 is 0 Å². The van der Waals surface area contributed by atoms with Gasteiger partial charge in [-0.15, -0.1) is 0 Å². The maximum atomic E-state index is 2.36. The molecule has 1 nitrogen and oxygen atoms in total. The summed E-state index contributed by atoms with van der Waals surface area (Å²) >= 11 is 1.88. The van der Waals surface area contributed by atoms with Gasteiger partial charge in [-0.25, -0.2) is 0 Å². The molecule has 18 heavy (non-hydrogen) atoms. The van der Waals surface area contributed by atoms with Crippen LogP contribution in [0.1, 0.15) is 31.2 Å². The summed E-state index contributed by atoms with van der Waals surface area (Å²) in [6, 6.07) is 8.61. The smallest absolute Gasteiger partial charge is 0.185 e. The van der Waals surface area contributed by atoms with Crippen LogP contribution < -0.4 is 4.57 Å². The van der Waals surface area contributed by atoms with Gasteiger partial charge in [0, 0.05) is 12.1 Å². The minimum atomic E-state index is 1.21. The van der Waals surface area contributed by atoms with Crippen LogP contribution in [-0.2, 0) is 7.05 Å². The molecular weight excluding hydrogens is 238 g/mol. The second kappa shape index (κ2) is 4.69. The van der Waals surface area contributed by atoms with Crippen LogP contribution in [0.15, 0.2) is 41.5 Å². The lowest BCUT2D eigenvalue weighted by Gasteiger charge is -2.10. The molecule has 0 N–H and O–H groups in total. The summed E-state index contributed by atoms with van der Waals surface area (Å²) in [4.78, 5) is 0. The van der Waals surface area contributed by atoms with Crippen LogP contribution in [0.3, 0.4) is 0 Å². The van der Waals surface area contributed by atoms with Crippen molar-refractivity contribution in [2.45, 2.75) is 26.2 Å². The Kier molecular flexibility index (Phi) is 3.04. The Balaban J connectivity index is 2.07. The number of aryl methyl sites for hydroxylation is 1. The van der Waals surface area contributed by atoms with Gasteiger partial charge in [0.2, 0.25) is 5.52 Å². The van der Waals surface area contributed by atoms with E-state index in [9.17, 15) is 0 Å². The fourth-order valence-electron chi connectivity index (χ4n) is 2.55. The maximum absolute atomic E-state index is 2.36. The molecular formula is C16H18NS+. The average molecular weight is 256 g/mol. The molecule has 1 aromatic heterocycles. The summed E-state index contributed by atoms with van der Waals surface area (Å²) < 4.78 is 3.66. The van der Waals surface area contributed by atoms with Crippen LogP contribution in [-0.4, -0.2) is 0 Å². The lowest BCUT2D eigenvalue weighted by atomic mass is 9.96. The molecule has 0 aliphatic heterocycles. The van der Waals surface area contributed by atoms with E-state index >= 15 is 0 Å². The van der Waals surface area contributed by atoms with Gasteiger partial charge in [-0.1, -0.05) is 35.1 Å². The van der Waals surface area contributed by atoms with Gasteiger partial charge in [0.1, 0.15) is 11.7 Å². The maximum Gasteiger partial charge on any atom is 0.262 e. The average Bonchev–Trinajstić information content (AvgIpc) is 2.67. The largest absolute Gasteiger partial charge is 0.262 e. The molecule has 0 saturated heterocycles. The summed E-state index contributed by atoms with van der Waals surface area (Å²) in [7, 11) is 2.16. The zero-order chi connectivity index (χ0) is 12.5. The molecule has 0 radical (unpaired) electrons. The molecule has 2 heteroatoms. The number of benzene rings is 1. The minimum absolute atomic E-state index is 1.21. The predicted molar refractivity (Wildman–Crippen MR) is 78.6 cm³/mol. The van der Waals surface area contributed by atoms with Crippen molar-refractivity contribution in [2.75, 3.05) is 0 Å². The molecule has 0 fully saturated rings. The highest BCUT2D eigenvalue weighted by Gasteiger charge is 2.15. The highest BCUT2D eigenvalue weighted by Crippen LogP contribution is 2.26. The number of aromatic nitrogens is 1. The Labute approximate surface area is 112 Å². The Hall–Kier alpha value is -1.41. The molecule has 3 rings (SSSR count). The molecule has 0 spiro atoms. The number of allylic oxidation sites excluding steroid dienone is 3. The molecule has 0 bridgehead atoms. The molecule has 0 atom stereocenters. The van der Waals surface area contributed by atoms with Crippen molar-refractivity contribution in [3.8, 4) is 0 Å². The highest BCUT2D eigenvalue weighted by atomic mass is 32.1. The van der Waals surface area contributed by atoms with Crippen molar-refractivity contribution in [3.63, 3.8) is 0 Å². The Morgan fingerprint density at radius 1 is 1.22 bits per heavy atom. The van der Waals surface area contributed by atoms with Crippen molar-refractivity contribution in [3.05, 3.63) is 46.5 Å². The zero-order valence-corrected chi connectivity index (χ0v) is 11.8. The minimum Gasteiger partial charge on any atom is -0.185 e. The second-order valence-electron chi connectivity index (χ2n) is 5.03. The van der Waals surface area contributed by atoms with Crippen LogP contribution in [0.25, 0.3) is 16.3 Å². The predicted octanol–water partition coefficient (Wildman–Crippen LogP) is 4.24. The van der Waals surface area contributed by atoms with E-state index in [0.717, 1.165) is 0 Å². The van der Waals surface area contributed by atoms with E-state index in [1.54, 1.807) is 0 Å². The molecule has 0 amide bonds. The fourth-order valence-corrected chi connectivity index (χ4v) is 3.68. The Bertz CT molecular complexity index is 646. The van der Waals surface area contributed by atoms with Crippen molar-refractivity contribution < 1.29 is 4.57 Å². The van der Waals surface area contributed by atoms with Gasteiger partial charge in [0.25, 0.3) is 5.01 Å². The Morgan fingerprint density at radius 3 is 2.83 bits per heavy atom. The lowest BCUT2D eigenvalue weighted by Crippen LogP contribution is -2.28. The summed E-state index contributed by atoms with van der Waals surface area (Å²) in [6.07, 6.45) is 8.48. The van der Waals surface area contributed by atoms with Gasteiger partial charge in [-0.3, -0.25) is 0 Å². The lowest BCUT2D eigenvalue weighted by molar-refractivity contribution is -0.642. The molecule has 1 heterocycles. The molecule has 92 valence electrons. The van der Waals surface area contributed by atoms with E-state index in [-0.39, 0.29) is 0 Å². The number of nitrogens with zero attached hydrogens (tertiary/aromatic N) is 1. The molecule has 2 aromatic rings. The number of fused-ring (bicyclic) bond motifs is 1. The van der Waals surface area contributed by atoms with Gasteiger partial charge in [-0.2, -0.15) is 4.57 Å². The van der Waals surface area contributed by atoms with Gasteiger partial charge >= 0.3 is 0 Å². The van der Waals surface area contributed by atoms with Crippen molar-refractivity contribution in [1.29, 1.82) is 0 Å². The van der Waals surface area contributed by atoms with E-state index in [0.29, 0.717) is 0 Å². The third-order valence-corrected chi connectivity index (χ3v) is 4.71. The monoisotopic (exact) mass is 256 g/mol. The first kappa shape index (κ1) is 11.7. The van der Waals surface area contributed by atoms with Crippen LogP contribution in [0.5, 0.6) is 0 Å². The SMILES string of the molecule is CC1=C/C(=C/c2sc3ccccc3[n+]2C)CCC1. The van der Waals surface area contributed by atoms with E-state index in [1.165, 1.54) is 45.6 Å². The van der Waals surface area contributed by atoms with Crippen LogP contribution in [0.2, 0.25) is 0 Å². The summed E-state index contributed by atoms with van der Waals surface area (Å²) in [5.41, 5.74) is 4.31. The molecule has 1 aliphatic carbocycles.